The molecule has 68 valence electrons. The van der Waals surface area contributed by atoms with Crippen LogP contribution in [-0.2, 0) is 4.74 Å². The van der Waals surface area contributed by atoms with Gasteiger partial charge in [-0.15, -0.1) is 0 Å². The van der Waals surface area contributed by atoms with Crippen LogP contribution < -0.4 is 0 Å². The van der Waals surface area contributed by atoms with Gasteiger partial charge in [0, 0.05) is 0 Å². The summed E-state index contributed by atoms with van der Waals surface area (Å²) in [4.78, 5) is 9.15. The molecule has 3 nitrogen and oxygen atoms in total. The topological polar surface area (TPSA) is 46.5 Å². The van der Waals surface area contributed by atoms with E-state index in [-0.39, 0.29) is 0 Å². The van der Waals surface area contributed by atoms with Crippen LogP contribution in [0.5, 0.6) is 0 Å². The molecule has 2 bridgehead atoms. The first-order valence-electron chi connectivity index (χ1n) is 4.17. The van der Waals surface area contributed by atoms with Crippen molar-refractivity contribution >= 4 is 6.16 Å². The van der Waals surface area contributed by atoms with Gasteiger partial charge in [-0.25, -0.2) is 4.79 Å². The number of carboxylic acid groups (broad SMARTS) is 1. The van der Waals surface area contributed by atoms with Crippen molar-refractivity contribution in [2.45, 2.75) is 25.7 Å². The van der Waals surface area contributed by atoms with Crippen LogP contribution in [0.1, 0.15) is 25.7 Å². The minimum atomic E-state index is -1.25. The maximum Gasteiger partial charge on any atom is 0.505 e. The van der Waals surface area contributed by atoms with Crippen LogP contribution in [0.4, 0.5) is 4.79 Å². The molecule has 12 heavy (non-hydrogen) atoms. The van der Waals surface area contributed by atoms with Gasteiger partial charge in [-0.3, -0.25) is 0 Å². The highest BCUT2D eigenvalue weighted by Gasteiger charge is 2.22. The summed E-state index contributed by atoms with van der Waals surface area (Å²) in [5, 5.41) is 7.50. The van der Waals surface area contributed by atoms with Crippen LogP contribution in [0.2, 0.25) is 0 Å². The summed E-state index contributed by atoms with van der Waals surface area (Å²) in [5.74, 6) is 1.08. The Balaban J connectivity index is 0.000000130. The third-order valence-electron chi connectivity index (χ3n) is 2.34. The highest BCUT2D eigenvalue weighted by Crippen LogP contribution is 2.38. The minimum absolute atomic E-state index is 1.08. The fraction of sp³-hybridized carbons (Fsp3) is 0.667. The van der Waals surface area contributed by atoms with E-state index in [1.165, 1.54) is 25.7 Å². The van der Waals surface area contributed by atoms with E-state index in [2.05, 4.69) is 10.8 Å². The second-order valence-electron chi connectivity index (χ2n) is 3.18. The zero-order chi connectivity index (χ0) is 8.97. The largest absolute Gasteiger partial charge is 0.505 e. The molecule has 0 radical (unpaired) electrons. The Bertz CT molecular complexity index is 196. The zero-order valence-electron chi connectivity index (χ0n) is 7.25. The van der Waals surface area contributed by atoms with Crippen molar-refractivity contribution in [1.82, 2.24) is 0 Å². The number of ether oxygens (including phenoxy) is 1. The molecule has 0 aromatic heterocycles. The lowest BCUT2D eigenvalue weighted by Crippen LogP contribution is -1.91. The van der Waals surface area contributed by atoms with E-state index < -0.39 is 6.16 Å². The van der Waals surface area contributed by atoms with E-state index in [9.17, 15) is 0 Å². The van der Waals surface area contributed by atoms with E-state index in [1.54, 1.807) is 5.57 Å². The van der Waals surface area contributed by atoms with Gasteiger partial charge in [-0.05, 0) is 31.6 Å². The summed E-state index contributed by atoms with van der Waals surface area (Å²) < 4.78 is 3.67. The second-order valence-corrected chi connectivity index (χ2v) is 3.18. The molecule has 1 saturated carbocycles. The summed E-state index contributed by atoms with van der Waals surface area (Å²) in [6, 6.07) is 0. The van der Waals surface area contributed by atoms with Gasteiger partial charge in [0.1, 0.15) is 0 Å². The molecule has 0 saturated heterocycles. The lowest BCUT2D eigenvalue weighted by atomic mass is 10.1. The molecule has 1 fully saturated rings. The predicted octanol–water partition coefficient (Wildman–Crippen LogP) is 2.43. The van der Waals surface area contributed by atoms with E-state index >= 15 is 0 Å². The number of fused-ring (bicyclic) bond motifs is 2. The molecule has 2 aliphatic carbocycles. The maximum absolute atomic E-state index is 9.15. The maximum atomic E-state index is 9.15. The highest BCUT2D eigenvalue weighted by molar-refractivity contribution is 5.56. The Labute approximate surface area is 72.0 Å². The summed E-state index contributed by atoms with van der Waals surface area (Å²) in [6.45, 7) is 0. The molecular weight excluding hydrogens is 156 g/mol. The number of allylic oxidation sites excluding steroid dienone is 2. The summed E-state index contributed by atoms with van der Waals surface area (Å²) in [5.41, 5.74) is 1.74. The normalized spacial score (nSPS) is 24.1. The Kier molecular flexibility index (Phi) is 3.14. The first kappa shape index (κ1) is 9.10. The number of rotatable bonds is 0. The molecule has 2 aliphatic rings. The Morgan fingerprint density at radius 1 is 1.75 bits per heavy atom. The standard InChI is InChI=1S/C7H10.C2H4O3/c1-2-7-4-3-6(1)5-7;1-5-2(3)4/h1,7H,2-5H2;1H3,(H,3,4). The molecule has 3 heteroatoms. The third-order valence-corrected chi connectivity index (χ3v) is 2.34. The van der Waals surface area contributed by atoms with E-state index in [0.717, 1.165) is 13.0 Å². The van der Waals surface area contributed by atoms with E-state index in [1.807, 2.05) is 0 Å². The molecule has 0 spiro atoms. The third kappa shape index (κ3) is 2.57. The van der Waals surface area contributed by atoms with Crippen molar-refractivity contribution in [2.24, 2.45) is 5.92 Å². The SMILES string of the molecule is C1=C2CCC(C1)C2.COC(=O)O. The van der Waals surface area contributed by atoms with Crippen molar-refractivity contribution in [3.8, 4) is 0 Å². The average Bonchev–Trinajstić information content (AvgIpc) is 2.67. The van der Waals surface area contributed by atoms with E-state index in [0.29, 0.717) is 0 Å². The first-order chi connectivity index (χ1) is 5.72. The van der Waals surface area contributed by atoms with Gasteiger partial charge in [0.15, 0.2) is 0 Å². The summed E-state index contributed by atoms with van der Waals surface area (Å²) in [7, 11) is 1.10. The number of methoxy groups -OCH3 is 1. The fourth-order valence-electron chi connectivity index (χ4n) is 1.68. The molecule has 0 aromatic rings. The quantitative estimate of drug-likeness (QED) is 0.448. The Morgan fingerprint density at radius 2 is 2.42 bits per heavy atom. The monoisotopic (exact) mass is 170 g/mol. The molecule has 0 aliphatic heterocycles. The number of carbonyl (C=O) groups is 1. The first-order valence-corrected chi connectivity index (χ1v) is 4.17. The molecule has 2 rings (SSSR count). The minimum Gasteiger partial charge on any atom is -0.450 e. The Hall–Kier alpha value is -0.990. The van der Waals surface area contributed by atoms with Crippen LogP contribution in [-0.4, -0.2) is 18.4 Å². The van der Waals surface area contributed by atoms with Crippen molar-refractivity contribution in [2.75, 3.05) is 7.11 Å². The summed E-state index contributed by atoms with van der Waals surface area (Å²) >= 11 is 0. The summed E-state index contributed by atoms with van der Waals surface area (Å²) in [6.07, 6.45) is 6.94. The van der Waals surface area contributed by atoms with Gasteiger partial charge in [0.2, 0.25) is 0 Å². The highest BCUT2D eigenvalue weighted by atomic mass is 16.6. The van der Waals surface area contributed by atoms with Gasteiger partial charge in [-0.1, -0.05) is 11.6 Å². The van der Waals surface area contributed by atoms with E-state index in [4.69, 9.17) is 9.90 Å². The molecule has 0 amide bonds. The Morgan fingerprint density at radius 3 is 2.50 bits per heavy atom. The number of hydrogen-bond acceptors (Lipinski definition) is 2. The van der Waals surface area contributed by atoms with Crippen LogP contribution in [0.25, 0.3) is 0 Å². The van der Waals surface area contributed by atoms with Crippen LogP contribution in [0, 0.1) is 5.92 Å². The van der Waals surface area contributed by atoms with Gasteiger partial charge in [0.05, 0.1) is 7.11 Å². The van der Waals surface area contributed by atoms with Crippen molar-refractivity contribution in [1.29, 1.82) is 0 Å². The van der Waals surface area contributed by atoms with Crippen LogP contribution in [0.3, 0.4) is 0 Å². The van der Waals surface area contributed by atoms with Crippen LogP contribution >= 0.6 is 0 Å². The molecule has 0 aromatic carbocycles. The average molecular weight is 170 g/mol. The van der Waals surface area contributed by atoms with Crippen LogP contribution in [0.15, 0.2) is 11.6 Å². The predicted molar refractivity (Wildman–Crippen MR) is 45.1 cm³/mol. The smallest absolute Gasteiger partial charge is 0.450 e. The van der Waals surface area contributed by atoms with Gasteiger partial charge < -0.3 is 9.84 Å². The lowest BCUT2D eigenvalue weighted by molar-refractivity contribution is 0.114. The van der Waals surface area contributed by atoms with Gasteiger partial charge >= 0.3 is 6.16 Å². The number of hydrogen-bond donors (Lipinski definition) is 1. The van der Waals surface area contributed by atoms with Gasteiger partial charge in [-0.2, -0.15) is 0 Å². The lowest BCUT2D eigenvalue weighted by Gasteiger charge is -1.98. The van der Waals surface area contributed by atoms with Crippen molar-refractivity contribution in [3.63, 3.8) is 0 Å². The zero-order valence-corrected chi connectivity index (χ0v) is 7.25. The van der Waals surface area contributed by atoms with Crippen molar-refractivity contribution < 1.29 is 14.6 Å². The fourth-order valence-corrected chi connectivity index (χ4v) is 1.68. The second kappa shape index (κ2) is 4.14. The molecule has 1 atom stereocenters. The van der Waals surface area contributed by atoms with Crippen molar-refractivity contribution in [3.05, 3.63) is 11.6 Å². The van der Waals surface area contributed by atoms with Gasteiger partial charge in [0.25, 0.3) is 0 Å². The molecule has 0 heterocycles. The molecule has 1 N–H and O–H groups in total. The molecule has 1 unspecified atom stereocenters. The molecular formula is C9H14O3.